The van der Waals surface area contributed by atoms with Crippen LogP contribution in [0.2, 0.25) is 0 Å². The third-order valence-corrected chi connectivity index (χ3v) is 3.93. The Morgan fingerprint density at radius 2 is 2.20 bits per heavy atom. The number of thioether (sulfide) groups is 1. The topological polar surface area (TPSA) is 26.3 Å². The van der Waals surface area contributed by atoms with Crippen LogP contribution in [0.3, 0.4) is 0 Å². The summed E-state index contributed by atoms with van der Waals surface area (Å²) in [6.45, 7) is 0. The highest BCUT2D eigenvalue weighted by molar-refractivity contribution is 7.98. The molecule has 1 aromatic carbocycles. The molecule has 0 aliphatic heterocycles. The first-order valence-electron chi connectivity index (χ1n) is 4.40. The van der Waals surface area contributed by atoms with Gasteiger partial charge in [0.05, 0.1) is 7.11 Å². The second kappa shape index (κ2) is 4.24. The Labute approximate surface area is 96.2 Å². The van der Waals surface area contributed by atoms with Crippen molar-refractivity contribution in [1.29, 1.82) is 0 Å². The molecule has 0 saturated carbocycles. The lowest BCUT2D eigenvalue weighted by Crippen LogP contribution is -1.96. The zero-order valence-electron chi connectivity index (χ0n) is 8.44. The van der Waals surface area contributed by atoms with Crippen molar-refractivity contribution in [3.63, 3.8) is 0 Å². The fraction of sp³-hybridized carbons (Fsp3) is 0.182. The largest absolute Gasteiger partial charge is 0.465 e. The molecule has 0 unspecified atom stereocenters. The number of rotatable bonds is 2. The van der Waals surface area contributed by atoms with E-state index in [1.165, 1.54) is 23.3 Å². The van der Waals surface area contributed by atoms with E-state index in [9.17, 15) is 4.79 Å². The number of carbonyl (C=O) groups is 1. The predicted octanol–water partition coefficient (Wildman–Crippen LogP) is 3.41. The van der Waals surface area contributed by atoms with Crippen LogP contribution < -0.4 is 0 Å². The first-order valence-corrected chi connectivity index (χ1v) is 6.44. The highest BCUT2D eigenvalue weighted by Crippen LogP contribution is 2.29. The van der Waals surface area contributed by atoms with Crippen molar-refractivity contribution in [2.75, 3.05) is 13.4 Å². The van der Waals surface area contributed by atoms with E-state index in [0.717, 1.165) is 10.1 Å². The first-order chi connectivity index (χ1) is 7.24. The molecule has 0 amide bonds. The van der Waals surface area contributed by atoms with Crippen LogP contribution in [0.15, 0.2) is 29.2 Å². The number of benzene rings is 1. The molecule has 0 aliphatic carbocycles. The van der Waals surface area contributed by atoms with Crippen molar-refractivity contribution >= 4 is 39.2 Å². The Bertz CT molecular complexity index is 502. The van der Waals surface area contributed by atoms with Crippen LogP contribution in [0.25, 0.3) is 10.1 Å². The molecule has 78 valence electrons. The summed E-state index contributed by atoms with van der Waals surface area (Å²) >= 11 is 3.16. The number of hydrogen-bond donors (Lipinski definition) is 0. The van der Waals surface area contributed by atoms with Gasteiger partial charge in [-0.25, -0.2) is 4.79 Å². The van der Waals surface area contributed by atoms with Crippen molar-refractivity contribution in [3.05, 3.63) is 29.1 Å². The molecule has 0 spiro atoms. The average Bonchev–Trinajstić information content (AvgIpc) is 2.70. The molecular weight excluding hydrogens is 228 g/mol. The maximum Gasteiger partial charge on any atom is 0.348 e. The van der Waals surface area contributed by atoms with Crippen LogP contribution in [-0.2, 0) is 4.74 Å². The van der Waals surface area contributed by atoms with E-state index in [1.54, 1.807) is 11.8 Å². The zero-order valence-corrected chi connectivity index (χ0v) is 10.1. The van der Waals surface area contributed by atoms with Gasteiger partial charge in [-0.1, -0.05) is 0 Å². The molecule has 2 nitrogen and oxygen atoms in total. The van der Waals surface area contributed by atoms with Gasteiger partial charge in [-0.2, -0.15) is 0 Å². The minimum Gasteiger partial charge on any atom is -0.465 e. The maximum atomic E-state index is 11.3. The van der Waals surface area contributed by atoms with Crippen LogP contribution in [0.5, 0.6) is 0 Å². The lowest BCUT2D eigenvalue weighted by atomic mass is 10.2. The monoisotopic (exact) mass is 238 g/mol. The summed E-state index contributed by atoms with van der Waals surface area (Å²) in [5, 5.41) is 1.10. The van der Waals surface area contributed by atoms with E-state index in [-0.39, 0.29) is 5.97 Å². The molecule has 0 radical (unpaired) electrons. The maximum absolute atomic E-state index is 11.3. The summed E-state index contributed by atoms with van der Waals surface area (Å²) in [6.07, 6.45) is 2.04. The Morgan fingerprint density at radius 1 is 1.40 bits per heavy atom. The fourth-order valence-electron chi connectivity index (χ4n) is 1.35. The van der Waals surface area contributed by atoms with Crippen molar-refractivity contribution < 1.29 is 9.53 Å². The summed E-state index contributed by atoms with van der Waals surface area (Å²) < 4.78 is 5.81. The molecule has 1 aromatic heterocycles. The molecule has 0 N–H and O–H groups in total. The number of methoxy groups -OCH3 is 1. The Morgan fingerprint density at radius 3 is 2.87 bits per heavy atom. The lowest BCUT2D eigenvalue weighted by Gasteiger charge is -1.94. The van der Waals surface area contributed by atoms with Crippen molar-refractivity contribution in [1.82, 2.24) is 0 Å². The van der Waals surface area contributed by atoms with E-state index in [0.29, 0.717) is 4.88 Å². The average molecular weight is 238 g/mol. The molecule has 15 heavy (non-hydrogen) atoms. The highest BCUT2D eigenvalue weighted by atomic mass is 32.2. The Kier molecular flexibility index (Phi) is 2.98. The first kappa shape index (κ1) is 10.5. The highest BCUT2D eigenvalue weighted by Gasteiger charge is 2.10. The van der Waals surface area contributed by atoms with E-state index in [4.69, 9.17) is 0 Å². The molecule has 0 bridgehead atoms. The summed E-state index contributed by atoms with van der Waals surface area (Å²) in [6, 6.07) is 8.07. The lowest BCUT2D eigenvalue weighted by molar-refractivity contribution is 0.0606. The van der Waals surface area contributed by atoms with E-state index < -0.39 is 0 Å². The Balaban J connectivity index is 2.51. The number of carbonyl (C=O) groups excluding carboxylic acids is 1. The van der Waals surface area contributed by atoms with Gasteiger partial charge in [0.1, 0.15) is 4.88 Å². The fourth-order valence-corrected chi connectivity index (χ4v) is 2.76. The van der Waals surface area contributed by atoms with Crippen molar-refractivity contribution in [3.8, 4) is 0 Å². The summed E-state index contributed by atoms with van der Waals surface area (Å²) in [5.41, 5.74) is 0. The molecule has 0 atom stereocenters. The smallest absolute Gasteiger partial charge is 0.348 e. The van der Waals surface area contributed by atoms with Crippen LogP contribution >= 0.6 is 23.1 Å². The third-order valence-electron chi connectivity index (χ3n) is 2.11. The number of thiophene rings is 1. The van der Waals surface area contributed by atoms with Gasteiger partial charge in [0.2, 0.25) is 0 Å². The van der Waals surface area contributed by atoms with Gasteiger partial charge in [-0.3, -0.25) is 0 Å². The van der Waals surface area contributed by atoms with E-state index in [1.807, 2.05) is 18.4 Å². The minimum absolute atomic E-state index is 0.262. The summed E-state index contributed by atoms with van der Waals surface area (Å²) in [7, 11) is 1.40. The number of esters is 1. The van der Waals surface area contributed by atoms with Gasteiger partial charge in [0, 0.05) is 9.60 Å². The second-order valence-electron chi connectivity index (χ2n) is 3.01. The summed E-state index contributed by atoms with van der Waals surface area (Å²) in [5.74, 6) is -0.262. The molecule has 4 heteroatoms. The third kappa shape index (κ3) is 2.01. The molecule has 0 fully saturated rings. The molecular formula is C11H10O2S2. The van der Waals surface area contributed by atoms with Gasteiger partial charge in [-0.15, -0.1) is 23.1 Å². The zero-order chi connectivity index (χ0) is 10.8. The quantitative estimate of drug-likeness (QED) is 0.592. The van der Waals surface area contributed by atoms with Crippen LogP contribution in [0.4, 0.5) is 0 Å². The van der Waals surface area contributed by atoms with Crippen LogP contribution in [0, 0.1) is 0 Å². The van der Waals surface area contributed by atoms with Gasteiger partial charge in [0.25, 0.3) is 0 Å². The minimum atomic E-state index is -0.262. The van der Waals surface area contributed by atoms with Gasteiger partial charge in [0.15, 0.2) is 0 Å². The van der Waals surface area contributed by atoms with Gasteiger partial charge >= 0.3 is 5.97 Å². The molecule has 2 rings (SSSR count). The van der Waals surface area contributed by atoms with Crippen LogP contribution in [0.1, 0.15) is 9.67 Å². The normalized spacial score (nSPS) is 10.5. The number of fused-ring (bicyclic) bond motifs is 1. The molecule has 0 saturated heterocycles. The van der Waals surface area contributed by atoms with Gasteiger partial charge in [-0.05, 0) is 35.9 Å². The molecule has 1 heterocycles. The van der Waals surface area contributed by atoms with E-state index in [2.05, 4.69) is 16.9 Å². The molecule has 2 aromatic rings. The van der Waals surface area contributed by atoms with Crippen molar-refractivity contribution in [2.45, 2.75) is 4.90 Å². The Hall–Kier alpha value is -1.00. The van der Waals surface area contributed by atoms with E-state index >= 15 is 0 Å². The summed E-state index contributed by atoms with van der Waals surface area (Å²) in [4.78, 5) is 13.2. The standard InChI is InChI=1S/C11H10O2S2/c1-13-11(12)10-6-7-5-8(14-2)3-4-9(7)15-10/h3-6H,1-2H3. The second-order valence-corrected chi connectivity index (χ2v) is 4.97. The van der Waals surface area contributed by atoms with Crippen molar-refractivity contribution in [2.24, 2.45) is 0 Å². The van der Waals surface area contributed by atoms with Crippen LogP contribution in [-0.4, -0.2) is 19.3 Å². The number of ether oxygens (including phenoxy) is 1. The number of hydrogen-bond acceptors (Lipinski definition) is 4. The predicted molar refractivity (Wildman–Crippen MR) is 64.9 cm³/mol. The van der Waals surface area contributed by atoms with Gasteiger partial charge < -0.3 is 4.74 Å². The SMILES string of the molecule is COC(=O)c1cc2cc(SC)ccc2s1. The molecule has 0 aliphatic rings.